The Morgan fingerprint density at radius 3 is 2.79 bits per heavy atom. The molecule has 2 unspecified atom stereocenters. The van der Waals surface area contributed by atoms with Crippen LogP contribution in [0.4, 0.5) is 5.13 Å². The standard InChI is InChI=1S/C25H31N9O6S2/c26-25-29-19(31-42-25)16(30-40)20(35)28-17-22(37)34-18(24(38)39)13(11-41-23(17)34)8-12-3-7-33(21(12)36)15-4-6-32(10-15)9-14-2-1-5-27-14/h8,14-15,17,23,27,40H,1-7,9-11H2,(H,28,35)(H,38,39)(H2,26,29,31)/b12-8+,30-16-/t14?,15?,17-,23-/m1/s1. The van der Waals surface area contributed by atoms with E-state index in [2.05, 4.69) is 30.0 Å². The van der Waals surface area contributed by atoms with Crippen molar-refractivity contribution in [1.82, 2.24) is 34.7 Å². The summed E-state index contributed by atoms with van der Waals surface area (Å²) in [7, 11) is 0. The molecule has 4 saturated heterocycles. The van der Waals surface area contributed by atoms with Crippen LogP contribution in [-0.2, 0) is 19.2 Å². The number of nitrogens with zero attached hydrogens (tertiary/aromatic N) is 6. The Morgan fingerprint density at radius 2 is 2.10 bits per heavy atom. The fourth-order valence-corrected chi connectivity index (χ4v) is 8.01. The van der Waals surface area contributed by atoms with Gasteiger partial charge in [0.15, 0.2) is 5.13 Å². The van der Waals surface area contributed by atoms with Gasteiger partial charge in [0.25, 0.3) is 11.8 Å². The lowest BCUT2D eigenvalue weighted by Gasteiger charge is -2.49. The third-order valence-electron chi connectivity index (χ3n) is 8.29. The highest BCUT2D eigenvalue weighted by atomic mass is 32.2. The zero-order valence-corrected chi connectivity index (χ0v) is 24.2. The number of allylic oxidation sites excluding steroid dienone is 1. The summed E-state index contributed by atoms with van der Waals surface area (Å²) >= 11 is 2.09. The molecular formula is C25H31N9O6S2. The first kappa shape index (κ1) is 28.6. The minimum Gasteiger partial charge on any atom is -0.477 e. The molecule has 42 heavy (non-hydrogen) atoms. The van der Waals surface area contributed by atoms with Gasteiger partial charge in [-0.3, -0.25) is 24.2 Å². The number of β-lactam (4-membered cyclic amide) rings is 1. The molecule has 0 radical (unpaired) electrons. The van der Waals surface area contributed by atoms with Crippen LogP contribution in [0.5, 0.6) is 0 Å². The number of nitrogens with one attached hydrogen (secondary N) is 2. The molecule has 5 aliphatic heterocycles. The summed E-state index contributed by atoms with van der Waals surface area (Å²) in [4.78, 5) is 60.7. The van der Waals surface area contributed by atoms with E-state index in [9.17, 15) is 29.5 Å². The number of aromatic nitrogens is 2. The van der Waals surface area contributed by atoms with E-state index in [1.165, 1.54) is 24.6 Å². The molecule has 6 N–H and O–H groups in total. The topological polar surface area (TPSA) is 207 Å². The third-order valence-corrected chi connectivity index (χ3v) is 10.1. The molecule has 0 spiro atoms. The fourth-order valence-electron chi connectivity index (χ4n) is 6.27. The zero-order valence-electron chi connectivity index (χ0n) is 22.6. The number of aliphatic carboxylic acids is 1. The van der Waals surface area contributed by atoms with Crippen LogP contribution >= 0.6 is 23.3 Å². The van der Waals surface area contributed by atoms with E-state index in [0.29, 0.717) is 30.2 Å². The molecule has 0 aliphatic carbocycles. The Labute approximate surface area is 249 Å². The molecule has 1 aromatic heterocycles. The lowest BCUT2D eigenvalue weighted by atomic mass is 10.0. The van der Waals surface area contributed by atoms with Crippen molar-refractivity contribution in [2.24, 2.45) is 5.16 Å². The van der Waals surface area contributed by atoms with Crippen LogP contribution in [0.3, 0.4) is 0 Å². The maximum atomic E-state index is 13.4. The summed E-state index contributed by atoms with van der Waals surface area (Å²) in [5.74, 6) is -2.86. The van der Waals surface area contributed by atoms with E-state index in [1.807, 2.05) is 4.90 Å². The van der Waals surface area contributed by atoms with E-state index in [-0.39, 0.29) is 34.4 Å². The van der Waals surface area contributed by atoms with Gasteiger partial charge in [-0.1, -0.05) is 5.16 Å². The monoisotopic (exact) mass is 617 g/mol. The number of fused-ring (bicyclic) bond motifs is 1. The number of anilines is 1. The number of nitrogens with two attached hydrogens (primary N) is 1. The van der Waals surface area contributed by atoms with Gasteiger partial charge in [0.2, 0.25) is 17.4 Å². The number of carboxylic acids is 1. The number of carboxylic acid groups (broad SMARTS) is 1. The summed E-state index contributed by atoms with van der Waals surface area (Å²) in [6.07, 6.45) is 5.43. The number of amides is 3. The lowest BCUT2D eigenvalue weighted by molar-refractivity contribution is -0.150. The van der Waals surface area contributed by atoms with Crippen molar-refractivity contribution in [3.05, 3.63) is 28.7 Å². The second-order valence-corrected chi connectivity index (χ2v) is 12.7. The van der Waals surface area contributed by atoms with Crippen LogP contribution in [-0.4, -0.2) is 126 Å². The Morgan fingerprint density at radius 1 is 1.26 bits per heavy atom. The van der Waals surface area contributed by atoms with Gasteiger partial charge in [-0.25, -0.2) is 4.79 Å². The first-order valence-corrected chi connectivity index (χ1v) is 15.6. The van der Waals surface area contributed by atoms with Crippen molar-refractivity contribution < 1.29 is 29.5 Å². The van der Waals surface area contributed by atoms with Crippen molar-refractivity contribution in [2.45, 2.75) is 49.2 Å². The average Bonchev–Trinajstić information content (AvgIpc) is 3.78. The predicted octanol–water partition coefficient (Wildman–Crippen LogP) is -0.978. The van der Waals surface area contributed by atoms with Crippen LogP contribution in [0.2, 0.25) is 0 Å². The quantitative estimate of drug-likeness (QED) is 0.0785. The van der Waals surface area contributed by atoms with Crippen LogP contribution < -0.4 is 16.4 Å². The average molecular weight is 618 g/mol. The Bertz CT molecular complexity index is 1400. The Hall–Kier alpha value is -3.54. The number of hydrogen-bond acceptors (Lipinski definition) is 13. The molecule has 6 heterocycles. The molecular weight excluding hydrogens is 586 g/mol. The molecule has 0 aromatic carbocycles. The largest absolute Gasteiger partial charge is 0.477 e. The molecule has 224 valence electrons. The van der Waals surface area contributed by atoms with Gasteiger partial charge in [0.1, 0.15) is 17.1 Å². The molecule has 0 bridgehead atoms. The maximum absolute atomic E-state index is 13.4. The van der Waals surface area contributed by atoms with Gasteiger partial charge in [-0.05, 0) is 43.9 Å². The van der Waals surface area contributed by atoms with E-state index in [0.717, 1.165) is 49.0 Å². The minimum atomic E-state index is -1.29. The molecule has 0 saturated carbocycles. The smallest absolute Gasteiger partial charge is 0.352 e. The molecule has 5 aliphatic rings. The number of oxime groups is 1. The van der Waals surface area contributed by atoms with E-state index < -0.39 is 34.9 Å². The lowest BCUT2D eigenvalue weighted by Crippen LogP contribution is -2.71. The van der Waals surface area contributed by atoms with E-state index >= 15 is 0 Å². The summed E-state index contributed by atoms with van der Waals surface area (Å²) in [5, 5.41) is 27.7. The maximum Gasteiger partial charge on any atom is 0.352 e. The van der Waals surface area contributed by atoms with Crippen LogP contribution in [0.1, 0.15) is 31.5 Å². The molecule has 1 aromatic rings. The van der Waals surface area contributed by atoms with Gasteiger partial charge in [-0.15, -0.1) is 11.8 Å². The second-order valence-electron chi connectivity index (χ2n) is 10.9. The summed E-state index contributed by atoms with van der Waals surface area (Å²) in [6, 6.07) is -0.404. The van der Waals surface area contributed by atoms with Crippen molar-refractivity contribution in [3.8, 4) is 0 Å². The number of carbonyl (C=O) groups excluding carboxylic acids is 3. The van der Waals surface area contributed by atoms with Gasteiger partial charge in [0, 0.05) is 61.1 Å². The minimum absolute atomic E-state index is 0.0662. The molecule has 6 rings (SSSR count). The highest BCUT2D eigenvalue weighted by molar-refractivity contribution is 8.00. The number of carbonyl (C=O) groups is 4. The normalized spacial score (nSPS) is 29.4. The predicted molar refractivity (Wildman–Crippen MR) is 153 cm³/mol. The van der Waals surface area contributed by atoms with Crippen molar-refractivity contribution in [1.29, 1.82) is 0 Å². The first-order valence-electron chi connectivity index (χ1n) is 13.8. The number of nitrogen functional groups attached to an aromatic ring is 1. The van der Waals surface area contributed by atoms with Crippen molar-refractivity contribution in [3.63, 3.8) is 0 Å². The summed E-state index contributed by atoms with van der Waals surface area (Å²) < 4.78 is 3.84. The fraction of sp³-hybridized carbons (Fsp3) is 0.560. The third kappa shape index (κ3) is 5.25. The second kappa shape index (κ2) is 11.6. The summed E-state index contributed by atoms with van der Waals surface area (Å²) in [5.41, 5.74) is 5.74. The van der Waals surface area contributed by atoms with Gasteiger partial charge < -0.3 is 31.6 Å². The van der Waals surface area contributed by atoms with E-state index in [4.69, 9.17) is 5.73 Å². The van der Waals surface area contributed by atoms with Crippen molar-refractivity contribution >= 4 is 57.8 Å². The van der Waals surface area contributed by atoms with Crippen LogP contribution in [0.25, 0.3) is 0 Å². The number of likely N-dealkylation sites (tertiary alicyclic amines) is 2. The van der Waals surface area contributed by atoms with Gasteiger partial charge >= 0.3 is 5.97 Å². The van der Waals surface area contributed by atoms with Crippen LogP contribution in [0, 0.1) is 0 Å². The molecule has 4 fully saturated rings. The number of thioether (sulfide) groups is 1. The summed E-state index contributed by atoms with van der Waals surface area (Å²) in [6.45, 7) is 4.42. The molecule has 3 amide bonds. The highest BCUT2D eigenvalue weighted by Crippen LogP contribution is 2.41. The number of hydrogen-bond donors (Lipinski definition) is 5. The SMILES string of the molecule is Nc1nc(/C(=N/O)C(=O)N[C@@H]2C(=O)N3C(C(=O)O)=C(/C=C4\CCN(C5CCN(CC6CCCN6)C5)C4=O)CS[C@H]23)ns1. The molecule has 15 nitrogen and oxygen atoms in total. The van der Waals surface area contributed by atoms with Crippen molar-refractivity contribution in [2.75, 3.05) is 44.2 Å². The Kier molecular flexibility index (Phi) is 7.91. The Balaban J connectivity index is 1.12. The number of rotatable bonds is 8. The molecule has 17 heteroatoms. The van der Waals surface area contributed by atoms with Gasteiger partial charge in [-0.2, -0.15) is 9.36 Å². The molecule has 4 atom stereocenters. The van der Waals surface area contributed by atoms with Gasteiger partial charge in [0.05, 0.1) is 0 Å². The van der Waals surface area contributed by atoms with E-state index in [1.54, 1.807) is 6.08 Å². The first-order chi connectivity index (χ1) is 20.2. The van der Waals surface area contributed by atoms with Crippen LogP contribution in [0.15, 0.2) is 28.1 Å². The highest BCUT2D eigenvalue weighted by Gasteiger charge is 2.54. The zero-order chi connectivity index (χ0) is 29.5.